The smallest absolute Gasteiger partial charge is 0.259 e. The van der Waals surface area contributed by atoms with Crippen molar-refractivity contribution in [1.82, 2.24) is 0 Å². The molecule has 0 spiro atoms. The van der Waals surface area contributed by atoms with E-state index in [1.807, 2.05) is 0 Å². The Hall–Kier alpha value is -2.53. The lowest BCUT2D eigenvalue weighted by molar-refractivity contribution is 0.102. The molecular formula is C16H17NO4. The summed E-state index contributed by atoms with van der Waals surface area (Å²) >= 11 is 0. The third kappa shape index (κ3) is 3.52. The third-order valence-electron chi connectivity index (χ3n) is 3.05. The van der Waals surface area contributed by atoms with E-state index in [1.54, 1.807) is 49.6 Å². The van der Waals surface area contributed by atoms with E-state index in [2.05, 4.69) is 5.32 Å². The molecule has 110 valence electrons. The molecule has 0 bridgehead atoms. The van der Waals surface area contributed by atoms with Gasteiger partial charge in [0.05, 0.1) is 26.4 Å². The standard InChI is InChI=1S/C16H17NO4/c1-20-13-7-8-14(15(9-13)21-2)16(19)17-12-5-3-11(10-18)4-6-12/h3-9,18H,10H2,1-2H3,(H,17,19). The summed E-state index contributed by atoms with van der Waals surface area (Å²) < 4.78 is 10.3. The van der Waals surface area contributed by atoms with Crippen molar-refractivity contribution in [2.45, 2.75) is 6.61 Å². The number of ether oxygens (including phenoxy) is 2. The number of carbonyl (C=O) groups is 1. The molecule has 0 radical (unpaired) electrons. The zero-order valence-electron chi connectivity index (χ0n) is 11.9. The number of methoxy groups -OCH3 is 2. The number of aliphatic hydroxyl groups is 1. The van der Waals surface area contributed by atoms with Crippen LogP contribution in [0.3, 0.4) is 0 Å². The summed E-state index contributed by atoms with van der Waals surface area (Å²) in [5.74, 6) is 0.792. The molecule has 0 saturated carbocycles. The fourth-order valence-electron chi connectivity index (χ4n) is 1.88. The molecular weight excluding hydrogens is 270 g/mol. The number of hydrogen-bond donors (Lipinski definition) is 2. The van der Waals surface area contributed by atoms with Crippen LogP contribution >= 0.6 is 0 Å². The van der Waals surface area contributed by atoms with Gasteiger partial charge in [-0.05, 0) is 29.8 Å². The van der Waals surface area contributed by atoms with Crippen molar-refractivity contribution in [3.05, 3.63) is 53.6 Å². The summed E-state index contributed by atoms with van der Waals surface area (Å²) in [6, 6.07) is 12.0. The van der Waals surface area contributed by atoms with Crippen molar-refractivity contribution in [2.24, 2.45) is 0 Å². The fourth-order valence-corrected chi connectivity index (χ4v) is 1.88. The van der Waals surface area contributed by atoms with E-state index in [9.17, 15) is 4.79 Å². The van der Waals surface area contributed by atoms with E-state index in [0.717, 1.165) is 5.56 Å². The summed E-state index contributed by atoms with van der Waals surface area (Å²) in [6.45, 7) is -0.0273. The molecule has 0 unspecified atom stereocenters. The van der Waals surface area contributed by atoms with Crippen LogP contribution in [0, 0.1) is 0 Å². The largest absolute Gasteiger partial charge is 0.497 e. The van der Waals surface area contributed by atoms with Crippen LogP contribution in [0.4, 0.5) is 5.69 Å². The molecule has 0 atom stereocenters. The summed E-state index contributed by atoms with van der Waals surface area (Å²) in [5, 5.41) is 11.8. The second-order valence-electron chi connectivity index (χ2n) is 4.38. The normalized spacial score (nSPS) is 10.0. The fraction of sp³-hybridized carbons (Fsp3) is 0.188. The second kappa shape index (κ2) is 6.76. The number of hydrogen-bond acceptors (Lipinski definition) is 4. The van der Waals surface area contributed by atoms with Gasteiger partial charge in [0.15, 0.2) is 0 Å². The number of carbonyl (C=O) groups excluding carboxylic acids is 1. The van der Waals surface area contributed by atoms with E-state index in [0.29, 0.717) is 22.7 Å². The number of amides is 1. The van der Waals surface area contributed by atoms with Crippen LogP contribution in [-0.4, -0.2) is 25.2 Å². The molecule has 5 heteroatoms. The third-order valence-corrected chi connectivity index (χ3v) is 3.05. The highest BCUT2D eigenvalue weighted by Gasteiger charge is 2.13. The van der Waals surface area contributed by atoms with Gasteiger partial charge in [-0.1, -0.05) is 12.1 Å². The van der Waals surface area contributed by atoms with Crippen LogP contribution in [-0.2, 0) is 6.61 Å². The van der Waals surface area contributed by atoms with Crippen LogP contribution in [0.25, 0.3) is 0 Å². The molecule has 2 aromatic rings. The van der Waals surface area contributed by atoms with Gasteiger partial charge in [0.25, 0.3) is 5.91 Å². The number of aliphatic hydroxyl groups excluding tert-OH is 1. The maximum atomic E-state index is 12.3. The first-order valence-corrected chi connectivity index (χ1v) is 6.41. The van der Waals surface area contributed by atoms with Gasteiger partial charge in [-0.25, -0.2) is 0 Å². The molecule has 0 saturated heterocycles. The van der Waals surface area contributed by atoms with E-state index in [-0.39, 0.29) is 12.5 Å². The summed E-state index contributed by atoms with van der Waals surface area (Å²) in [5.41, 5.74) is 1.86. The van der Waals surface area contributed by atoms with Crippen LogP contribution in [0.15, 0.2) is 42.5 Å². The number of rotatable bonds is 5. The van der Waals surface area contributed by atoms with E-state index < -0.39 is 0 Å². The Balaban J connectivity index is 2.19. The van der Waals surface area contributed by atoms with E-state index in [1.165, 1.54) is 7.11 Å². The van der Waals surface area contributed by atoms with Crippen molar-refractivity contribution in [2.75, 3.05) is 19.5 Å². The van der Waals surface area contributed by atoms with Gasteiger partial charge in [0.1, 0.15) is 11.5 Å². The van der Waals surface area contributed by atoms with E-state index in [4.69, 9.17) is 14.6 Å². The van der Waals surface area contributed by atoms with Crippen molar-refractivity contribution in [1.29, 1.82) is 0 Å². The lowest BCUT2D eigenvalue weighted by Gasteiger charge is -2.11. The Morgan fingerprint density at radius 1 is 1.10 bits per heavy atom. The van der Waals surface area contributed by atoms with E-state index >= 15 is 0 Å². The Morgan fingerprint density at radius 2 is 1.81 bits per heavy atom. The Bertz CT molecular complexity index is 623. The van der Waals surface area contributed by atoms with Gasteiger partial charge in [-0.3, -0.25) is 4.79 Å². The lowest BCUT2D eigenvalue weighted by atomic mass is 10.1. The molecule has 1 amide bonds. The number of anilines is 1. The molecule has 5 nitrogen and oxygen atoms in total. The summed E-state index contributed by atoms with van der Waals surface area (Å²) in [4.78, 5) is 12.3. The molecule has 0 heterocycles. The van der Waals surface area contributed by atoms with Gasteiger partial charge in [-0.2, -0.15) is 0 Å². The molecule has 2 rings (SSSR count). The quantitative estimate of drug-likeness (QED) is 0.886. The van der Waals surface area contributed by atoms with Crippen LogP contribution < -0.4 is 14.8 Å². The van der Waals surface area contributed by atoms with Gasteiger partial charge >= 0.3 is 0 Å². The molecule has 0 aliphatic carbocycles. The van der Waals surface area contributed by atoms with Gasteiger partial charge in [0, 0.05) is 11.8 Å². The highest BCUT2D eigenvalue weighted by atomic mass is 16.5. The topological polar surface area (TPSA) is 67.8 Å². The molecule has 2 aromatic carbocycles. The maximum Gasteiger partial charge on any atom is 0.259 e. The summed E-state index contributed by atoms with van der Waals surface area (Å²) in [6.07, 6.45) is 0. The molecule has 2 N–H and O–H groups in total. The second-order valence-corrected chi connectivity index (χ2v) is 4.38. The first kappa shape index (κ1) is 14.9. The molecule has 0 fully saturated rings. The molecule has 0 aliphatic rings. The Labute approximate surface area is 123 Å². The highest BCUT2D eigenvalue weighted by molar-refractivity contribution is 6.06. The molecule has 0 aromatic heterocycles. The zero-order valence-corrected chi connectivity index (χ0v) is 11.9. The first-order valence-electron chi connectivity index (χ1n) is 6.41. The number of nitrogens with one attached hydrogen (secondary N) is 1. The number of benzene rings is 2. The molecule has 0 aliphatic heterocycles. The van der Waals surface area contributed by atoms with Gasteiger partial charge in [-0.15, -0.1) is 0 Å². The van der Waals surface area contributed by atoms with Crippen LogP contribution in [0.1, 0.15) is 15.9 Å². The van der Waals surface area contributed by atoms with Gasteiger partial charge < -0.3 is 19.9 Å². The SMILES string of the molecule is COc1ccc(C(=O)Nc2ccc(CO)cc2)c(OC)c1. The Morgan fingerprint density at radius 3 is 2.38 bits per heavy atom. The average molecular weight is 287 g/mol. The van der Waals surface area contributed by atoms with Crippen molar-refractivity contribution in [3.63, 3.8) is 0 Å². The minimum Gasteiger partial charge on any atom is -0.497 e. The van der Waals surface area contributed by atoms with Crippen LogP contribution in [0.5, 0.6) is 11.5 Å². The van der Waals surface area contributed by atoms with Crippen molar-refractivity contribution in [3.8, 4) is 11.5 Å². The first-order chi connectivity index (χ1) is 10.2. The monoisotopic (exact) mass is 287 g/mol. The van der Waals surface area contributed by atoms with Crippen LogP contribution in [0.2, 0.25) is 0 Å². The molecule has 21 heavy (non-hydrogen) atoms. The minimum atomic E-state index is -0.272. The zero-order chi connectivity index (χ0) is 15.2. The Kier molecular flexibility index (Phi) is 4.79. The summed E-state index contributed by atoms with van der Waals surface area (Å²) in [7, 11) is 3.05. The van der Waals surface area contributed by atoms with Gasteiger partial charge in [0.2, 0.25) is 0 Å². The lowest BCUT2D eigenvalue weighted by Crippen LogP contribution is -2.13. The average Bonchev–Trinajstić information content (AvgIpc) is 2.54. The van der Waals surface area contributed by atoms with Crippen molar-refractivity contribution >= 4 is 11.6 Å². The minimum absolute atomic E-state index is 0.0273. The predicted molar refractivity (Wildman–Crippen MR) is 79.9 cm³/mol. The van der Waals surface area contributed by atoms with Crippen molar-refractivity contribution < 1.29 is 19.4 Å². The maximum absolute atomic E-state index is 12.3. The highest BCUT2D eigenvalue weighted by Crippen LogP contribution is 2.25. The predicted octanol–water partition coefficient (Wildman–Crippen LogP) is 2.45.